The quantitative estimate of drug-likeness (QED) is 0.708. The van der Waals surface area contributed by atoms with Gasteiger partial charge in [-0.15, -0.1) is 36.2 Å². The van der Waals surface area contributed by atoms with Crippen LogP contribution in [0.1, 0.15) is 24.1 Å². The molecule has 0 radical (unpaired) electrons. The molecule has 0 spiro atoms. The Morgan fingerprint density at radius 2 is 2.00 bits per heavy atom. The van der Waals surface area contributed by atoms with Gasteiger partial charge < -0.3 is 11.1 Å². The summed E-state index contributed by atoms with van der Waals surface area (Å²) in [4.78, 5) is 29.8. The largest absolute Gasteiger partial charge is 0.399 e. The Bertz CT molecular complexity index is 737. The standard InChI is InChI=1S/C17H20N4O2S.2ClH/c18-13-5-3-12(4-6-13)7-8-19-15(22)10-14-11-24-17(20-14)21-9-1-2-16(21)23;;/h3-6,11H,1-2,7-10,18H2,(H,19,22);2*1H. The van der Waals surface area contributed by atoms with E-state index in [1.807, 2.05) is 29.6 Å². The van der Waals surface area contributed by atoms with E-state index in [-0.39, 0.29) is 43.0 Å². The minimum Gasteiger partial charge on any atom is -0.399 e. The van der Waals surface area contributed by atoms with Crippen molar-refractivity contribution in [1.82, 2.24) is 10.3 Å². The van der Waals surface area contributed by atoms with Gasteiger partial charge in [-0.25, -0.2) is 4.98 Å². The molecule has 3 rings (SSSR count). The van der Waals surface area contributed by atoms with E-state index in [1.54, 1.807) is 4.90 Å². The van der Waals surface area contributed by atoms with Crippen LogP contribution in [-0.4, -0.2) is 29.9 Å². The van der Waals surface area contributed by atoms with Gasteiger partial charge in [-0.05, 0) is 30.5 Å². The molecule has 1 aliphatic heterocycles. The summed E-state index contributed by atoms with van der Waals surface area (Å²) in [6, 6.07) is 7.63. The average molecular weight is 417 g/mol. The molecule has 1 aliphatic rings. The zero-order chi connectivity index (χ0) is 16.9. The minimum atomic E-state index is -0.0601. The van der Waals surface area contributed by atoms with Crippen LogP contribution in [0.5, 0.6) is 0 Å². The van der Waals surface area contributed by atoms with Gasteiger partial charge in [0.15, 0.2) is 5.13 Å². The number of nitrogens with zero attached hydrogens (tertiary/aromatic N) is 2. The molecule has 0 atom stereocenters. The molecule has 142 valence electrons. The van der Waals surface area contributed by atoms with E-state index in [0.29, 0.717) is 23.8 Å². The van der Waals surface area contributed by atoms with Gasteiger partial charge in [0, 0.05) is 30.6 Å². The van der Waals surface area contributed by atoms with E-state index in [2.05, 4.69) is 10.3 Å². The van der Waals surface area contributed by atoms with E-state index >= 15 is 0 Å². The number of hydrogen-bond acceptors (Lipinski definition) is 5. The van der Waals surface area contributed by atoms with Gasteiger partial charge in [-0.2, -0.15) is 0 Å². The van der Waals surface area contributed by atoms with E-state index in [9.17, 15) is 9.59 Å². The molecule has 1 aromatic carbocycles. The van der Waals surface area contributed by atoms with Crippen molar-refractivity contribution in [2.24, 2.45) is 0 Å². The monoisotopic (exact) mass is 416 g/mol. The molecule has 0 saturated carbocycles. The van der Waals surface area contributed by atoms with Gasteiger partial charge in [0.2, 0.25) is 11.8 Å². The zero-order valence-corrected chi connectivity index (χ0v) is 16.6. The van der Waals surface area contributed by atoms with E-state index < -0.39 is 0 Å². The molecule has 1 saturated heterocycles. The summed E-state index contributed by atoms with van der Waals surface area (Å²) in [5, 5.41) is 5.44. The molecular weight excluding hydrogens is 395 g/mol. The van der Waals surface area contributed by atoms with Crippen LogP contribution in [0.3, 0.4) is 0 Å². The normalized spacial score (nSPS) is 13.1. The number of amides is 2. The second kappa shape index (κ2) is 10.4. The first kappa shape index (κ1) is 22.2. The third-order valence-corrected chi connectivity index (χ3v) is 4.81. The average Bonchev–Trinajstić information content (AvgIpc) is 3.18. The Kier molecular flexibility index (Phi) is 8.84. The van der Waals surface area contributed by atoms with Crippen molar-refractivity contribution < 1.29 is 9.59 Å². The SMILES string of the molecule is Cl.Cl.Nc1ccc(CCNC(=O)Cc2csc(N3CCCC3=O)n2)cc1. The molecule has 1 aromatic heterocycles. The summed E-state index contributed by atoms with van der Waals surface area (Å²) in [6.07, 6.45) is 2.46. The molecule has 2 heterocycles. The van der Waals surface area contributed by atoms with Crippen LogP contribution in [-0.2, 0) is 22.4 Å². The van der Waals surface area contributed by atoms with Crippen LogP contribution in [0.2, 0.25) is 0 Å². The van der Waals surface area contributed by atoms with Crippen molar-refractivity contribution in [1.29, 1.82) is 0 Å². The molecule has 1 fully saturated rings. The third-order valence-electron chi connectivity index (χ3n) is 3.90. The number of nitrogen functional groups attached to an aromatic ring is 1. The van der Waals surface area contributed by atoms with Crippen molar-refractivity contribution in [2.75, 3.05) is 23.7 Å². The molecule has 3 N–H and O–H groups in total. The molecular formula is C17H22Cl2N4O2S. The fraction of sp³-hybridized carbons (Fsp3) is 0.353. The van der Waals surface area contributed by atoms with E-state index in [0.717, 1.165) is 30.6 Å². The fourth-order valence-corrected chi connectivity index (χ4v) is 3.48. The molecule has 9 heteroatoms. The molecule has 0 aliphatic carbocycles. The fourth-order valence-electron chi connectivity index (χ4n) is 2.61. The van der Waals surface area contributed by atoms with Gasteiger partial charge in [0.25, 0.3) is 0 Å². The number of anilines is 2. The topological polar surface area (TPSA) is 88.3 Å². The number of rotatable bonds is 6. The van der Waals surface area contributed by atoms with Gasteiger partial charge in [0.1, 0.15) is 0 Å². The maximum Gasteiger partial charge on any atom is 0.228 e. The molecule has 26 heavy (non-hydrogen) atoms. The predicted molar refractivity (Wildman–Crippen MR) is 109 cm³/mol. The maximum atomic E-state index is 12.0. The molecule has 6 nitrogen and oxygen atoms in total. The van der Waals surface area contributed by atoms with Gasteiger partial charge in [-0.1, -0.05) is 12.1 Å². The number of nitrogens with one attached hydrogen (secondary N) is 1. The van der Waals surface area contributed by atoms with Crippen molar-refractivity contribution >= 4 is 58.8 Å². The summed E-state index contributed by atoms with van der Waals surface area (Å²) < 4.78 is 0. The first-order valence-electron chi connectivity index (χ1n) is 7.98. The first-order chi connectivity index (χ1) is 11.6. The lowest BCUT2D eigenvalue weighted by Crippen LogP contribution is -2.27. The van der Waals surface area contributed by atoms with Crippen LogP contribution in [0, 0.1) is 0 Å². The highest BCUT2D eigenvalue weighted by Gasteiger charge is 2.24. The number of nitrogens with two attached hydrogens (primary N) is 1. The Hall–Kier alpha value is -1.83. The van der Waals surface area contributed by atoms with Crippen LogP contribution in [0.4, 0.5) is 10.8 Å². The van der Waals surface area contributed by atoms with Gasteiger partial charge >= 0.3 is 0 Å². The van der Waals surface area contributed by atoms with Gasteiger partial charge in [-0.3, -0.25) is 14.5 Å². The van der Waals surface area contributed by atoms with Gasteiger partial charge in [0.05, 0.1) is 12.1 Å². The smallest absolute Gasteiger partial charge is 0.228 e. The number of benzene rings is 1. The minimum absolute atomic E-state index is 0. The van der Waals surface area contributed by atoms with Crippen molar-refractivity contribution in [3.05, 3.63) is 40.9 Å². The highest BCUT2D eigenvalue weighted by molar-refractivity contribution is 7.14. The first-order valence-corrected chi connectivity index (χ1v) is 8.85. The van der Waals surface area contributed by atoms with Crippen LogP contribution in [0.25, 0.3) is 0 Å². The van der Waals surface area contributed by atoms with Crippen molar-refractivity contribution in [2.45, 2.75) is 25.7 Å². The lowest BCUT2D eigenvalue weighted by Gasteiger charge is -2.10. The van der Waals surface area contributed by atoms with Crippen molar-refractivity contribution in [3.8, 4) is 0 Å². The van der Waals surface area contributed by atoms with Crippen LogP contribution in [0.15, 0.2) is 29.6 Å². The Balaban J connectivity index is 0.00000169. The number of carbonyl (C=O) groups is 2. The Morgan fingerprint density at radius 3 is 2.65 bits per heavy atom. The summed E-state index contributed by atoms with van der Waals surface area (Å²) in [5.41, 5.74) is 8.22. The summed E-state index contributed by atoms with van der Waals surface area (Å²) >= 11 is 1.42. The second-order valence-electron chi connectivity index (χ2n) is 5.79. The van der Waals surface area contributed by atoms with Crippen LogP contribution >= 0.6 is 36.2 Å². The third kappa shape index (κ3) is 5.86. The molecule has 0 unspecified atom stereocenters. The second-order valence-corrected chi connectivity index (χ2v) is 6.63. The number of hydrogen-bond donors (Lipinski definition) is 2. The number of thiazole rings is 1. The number of carbonyl (C=O) groups excluding carboxylic acids is 2. The Morgan fingerprint density at radius 1 is 1.27 bits per heavy atom. The molecule has 2 aromatic rings. The van der Waals surface area contributed by atoms with E-state index in [4.69, 9.17) is 5.73 Å². The molecule has 2 amide bonds. The summed E-state index contributed by atoms with van der Waals surface area (Å²) in [5.74, 6) is 0.0545. The number of halogens is 2. The maximum absolute atomic E-state index is 12.0. The van der Waals surface area contributed by atoms with Crippen LogP contribution < -0.4 is 16.0 Å². The highest BCUT2D eigenvalue weighted by Crippen LogP contribution is 2.25. The Labute approximate surface area is 169 Å². The summed E-state index contributed by atoms with van der Waals surface area (Å²) in [7, 11) is 0. The zero-order valence-electron chi connectivity index (χ0n) is 14.1. The predicted octanol–water partition coefficient (Wildman–Crippen LogP) is 2.60. The lowest BCUT2D eigenvalue weighted by atomic mass is 10.1. The van der Waals surface area contributed by atoms with Crippen molar-refractivity contribution in [3.63, 3.8) is 0 Å². The van der Waals surface area contributed by atoms with E-state index in [1.165, 1.54) is 11.3 Å². The molecule has 0 bridgehead atoms. The number of aromatic nitrogens is 1. The summed E-state index contributed by atoms with van der Waals surface area (Å²) in [6.45, 7) is 1.30. The highest BCUT2D eigenvalue weighted by atomic mass is 35.5. The lowest BCUT2D eigenvalue weighted by molar-refractivity contribution is -0.120.